The third-order valence-corrected chi connectivity index (χ3v) is 14.0. The Morgan fingerprint density at radius 1 is 0.452 bits per heavy atom. The van der Waals surface area contributed by atoms with E-state index in [2.05, 4.69) is 228 Å². The average molecular weight is 806 g/mol. The van der Waals surface area contributed by atoms with Crippen LogP contribution in [0.5, 0.6) is 0 Å². The monoisotopic (exact) mass is 805 g/mol. The lowest BCUT2D eigenvalue weighted by atomic mass is 9.68. The summed E-state index contributed by atoms with van der Waals surface area (Å²) >= 11 is 0. The fourth-order valence-electron chi connectivity index (χ4n) is 10.9. The van der Waals surface area contributed by atoms with Crippen molar-refractivity contribution < 1.29 is 0 Å². The van der Waals surface area contributed by atoms with Crippen molar-refractivity contribution in [3.8, 4) is 22.3 Å². The zero-order chi connectivity index (χ0) is 42.6. The summed E-state index contributed by atoms with van der Waals surface area (Å²) in [7, 11) is 0. The van der Waals surface area contributed by atoms with Crippen molar-refractivity contribution in [2.24, 2.45) is 0 Å². The first-order chi connectivity index (χ1) is 30.0. The Hall–Kier alpha value is -6.18. The molecule has 8 aromatic rings. The quantitative estimate of drug-likeness (QED) is 0.155. The van der Waals surface area contributed by atoms with E-state index in [1.807, 2.05) is 0 Å². The Morgan fingerprint density at radius 3 is 1.61 bits per heavy atom. The van der Waals surface area contributed by atoms with E-state index in [1.165, 1.54) is 121 Å². The van der Waals surface area contributed by atoms with E-state index >= 15 is 0 Å². The van der Waals surface area contributed by atoms with Crippen LogP contribution in [-0.2, 0) is 16.2 Å². The molecule has 1 saturated carbocycles. The standard InChI is InChI=1S/C61H59N/c1-59(2,3)46-39-47(60(4,5)6)41-48(40-46)62(55-37-19-17-31-50(55)51-34-21-26-43-25-20-33-49(57(43)51)42-23-10-7-11-24-42)56-38-22-36-54-58(56)52-32-16-18-35-53(52)61(54,44-27-12-8-13-28-44)45-29-14-9-15-30-45/h8-9,12-22,25-42H,7,10-11,23-24H2,1-6H3. The van der Waals surface area contributed by atoms with E-state index < -0.39 is 5.41 Å². The fraction of sp³-hybridized carbons (Fsp3) is 0.246. The van der Waals surface area contributed by atoms with Crippen LogP contribution in [0.1, 0.15) is 119 Å². The molecule has 2 aliphatic carbocycles. The second kappa shape index (κ2) is 15.6. The maximum Gasteiger partial charge on any atom is 0.0714 e. The third kappa shape index (κ3) is 6.69. The van der Waals surface area contributed by atoms with Gasteiger partial charge in [0.25, 0.3) is 0 Å². The van der Waals surface area contributed by atoms with Crippen LogP contribution in [-0.4, -0.2) is 0 Å². The Morgan fingerprint density at radius 2 is 0.968 bits per heavy atom. The van der Waals surface area contributed by atoms with Crippen LogP contribution in [0, 0.1) is 0 Å². The van der Waals surface area contributed by atoms with Crippen molar-refractivity contribution >= 4 is 27.8 Å². The molecule has 0 saturated heterocycles. The lowest BCUT2D eigenvalue weighted by Crippen LogP contribution is -2.28. The lowest BCUT2D eigenvalue weighted by Gasteiger charge is -2.35. The molecule has 1 heteroatoms. The smallest absolute Gasteiger partial charge is 0.0714 e. The van der Waals surface area contributed by atoms with Crippen molar-refractivity contribution in [3.63, 3.8) is 0 Å². The van der Waals surface area contributed by atoms with Gasteiger partial charge < -0.3 is 4.90 Å². The number of anilines is 3. The SMILES string of the molecule is CC(C)(C)c1cc(N(c2ccccc2-c2cccc3cccc(C4CCCCC4)c23)c2cccc3c2-c2ccccc2C3(c2ccccc2)c2ccccc2)cc(C(C)(C)C)c1. The summed E-state index contributed by atoms with van der Waals surface area (Å²) < 4.78 is 0. The van der Waals surface area contributed by atoms with Gasteiger partial charge in [-0.3, -0.25) is 0 Å². The molecule has 308 valence electrons. The predicted octanol–water partition coefficient (Wildman–Crippen LogP) is 17.0. The molecule has 0 unspecified atom stereocenters. The van der Waals surface area contributed by atoms with Crippen molar-refractivity contribution in [2.75, 3.05) is 4.90 Å². The number of hydrogen-bond acceptors (Lipinski definition) is 1. The Kier molecular flexibility index (Phi) is 10.1. The first kappa shape index (κ1) is 39.9. The molecule has 10 rings (SSSR count). The van der Waals surface area contributed by atoms with Crippen LogP contribution >= 0.6 is 0 Å². The first-order valence-corrected chi connectivity index (χ1v) is 23.0. The zero-order valence-electron chi connectivity index (χ0n) is 37.4. The number of rotatable bonds is 7. The van der Waals surface area contributed by atoms with Gasteiger partial charge in [0.1, 0.15) is 0 Å². The van der Waals surface area contributed by atoms with Gasteiger partial charge in [-0.05, 0) is 115 Å². The van der Waals surface area contributed by atoms with Crippen LogP contribution in [0.3, 0.4) is 0 Å². The lowest BCUT2D eigenvalue weighted by molar-refractivity contribution is 0.445. The number of para-hydroxylation sites is 1. The molecule has 0 bridgehead atoms. The minimum Gasteiger partial charge on any atom is -0.309 e. The number of benzene rings is 8. The largest absolute Gasteiger partial charge is 0.309 e. The second-order valence-electron chi connectivity index (χ2n) is 19.9. The van der Waals surface area contributed by atoms with Gasteiger partial charge >= 0.3 is 0 Å². The zero-order valence-corrected chi connectivity index (χ0v) is 37.4. The minimum atomic E-state index is -0.510. The number of hydrogen-bond donors (Lipinski definition) is 0. The van der Waals surface area contributed by atoms with Gasteiger partial charge in [0.2, 0.25) is 0 Å². The van der Waals surface area contributed by atoms with Crippen molar-refractivity contribution in [1.29, 1.82) is 0 Å². The van der Waals surface area contributed by atoms with Gasteiger partial charge in [-0.2, -0.15) is 0 Å². The minimum absolute atomic E-state index is 0.0628. The van der Waals surface area contributed by atoms with E-state index in [4.69, 9.17) is 0 Å². The highest BCUT2D eigenvalue weighted by Gasteiger charge is 2.47. The number of fused-ring (bicyclic) bond motifs is 4. The van der Waals surface area contributed by atoms with Crippen molar-refractivity contribution in [1.82, 2.24) is 0 Å². The summed E-state index contributed by atoms with van der Waals surface area (Å²) in [5.74, 6) is 0.577. The van der Waals surface area contributed by atoms with Gasteiger partial charge in [0, 0.05) is 16.8 Å². The maximum atomic E-state index is 2.63. The summed E-state index contributed by atoms with van der Waals surface area (Å²) in [5, 5.41) is 2.73. The number of nitrogens with zero attached hydrogens (tertiary/aromatic N) is 1. The molecule has 0 N–H and O–H groups in total. The van der Waals surface area contributed by atoms with Gasteiger partial charge in [0.15, 0.2) is 0 Å². The Balaban J connectivity index is 1.32. The molecule has 2 aliphatic rings. The van der Waals surface area contributed by atoms with E-state index in [-0.39, 0.29) is 10.8 Å². The molecule has 0 amide bonds. The van der Waals surface area contributed by atoms with Gasteiger partial charge in [-0.1, -0.05) is 219 Å². The van der Waals surface area contributed by atoms with E-state index in [1.54, 1.807) is 0 Å². The van der Waals surface area contributed by atoms with Gasteiger partial charge in [-0.15, -0.1) is 0 Å². The molecule has 0 aliphatic heterocycles. The highest BCUT2D eigenvalue weighted by Crippen LogP contribution is 2.60. The molecule has 1 nitrogen and oxygen atoms in total. The topological polar surface area (TPSA) is 3.24 Å². The normalized spacial score (nSPS) is 15.0. The van der Waals surface area contributed by atoms with Gasteiger partial charge in [-0.25, -0.2) is 0 Å². The summed E-state index contributed by atoms with van der Waals surface area (Å²) in [6.07, 6.45) is 6.48. The average Bonchev–Trinajstić information content (AvgIpc) is 3.61. The molecule has 0 aromatic heterocycles. The Bertz CT molecular complexity index is 2820. The van der Waals surface area contributed by atoms with Crippen LogP contribution in [0.4, 0.5) is 17.1 Å². The molecule has 62 heavy (non-hydrogen) atoms. The molecule has 0 heterocycles. The molecule has 0 radical (unpaired) electrons. The van der Waals surface area contributed by atoms with Crippen molar-refractivity contribution in [2.45, 2.75) is 95.8 Å². The van der Waals surface area contributed by atoms with E-state index in [0.29, 0.717) is 5.92 Å². The molecule has 8 aromatic carbocycles. The van der Waals surface area contributed by atoms with Crippen LogP contribution < -0.4 is 4.90 Å². The highest BCUT2D eigenvalue weighted by atomic mass is 15.1. The molecule has 1 fully saturated rings. The highest BCUT2D eigenvalue weighted by molar-refractivity contribution is 6.05. The summed E-state index contributed by atoms with van der Waals surface area (Å²) in [4.78, 5) is 2.63. The molecule has 0 atom stereocenters. The summed E-state index contributed by atoms with van der Waals surface area (Å²) in [6.45, 7) is 14.1. The first-order valence-electron chi connectivity index (χ1n) is 23.0. The summed E-state index contributed by atoms with van der Waals surface area (Å²) in [6, 6.07) is 69.3. The predicted molar refractivity (Wildman–Crippen MR) is 265 cm³/mol. The maximum absolute atomic E-state index is 2.63. The van der Waals surface area contributed by atoms with E-state index in [9.17, 15) is 0 Å². The van der Waals surface area contributed by atoms with Crippen LogP contribution in [0.15, 0.2) is 182 Å². The van der Waals surface area contributed by atoms with Crippen LogP contribution in [0.2, 0.25) is 0 Å². The Labute approximate surface area is 370 Å². The fourth-order valence-corrected chi connectivity index (χ4v) is 10.9. The molecular formula is C61H59N. The van der Waals surface area contributed by atoms with E-state index in [0.717, 1.165) is 0 Å². The third-order valence-electron chi connectivity index (χ3n) is 14.0. The molecule has 0 spiro atoms. The summed E-state index contributed by atoms with van der Waals surface area (Å²) in [5.41, 5.74) is 17.4. The van der Waals surface area contributed by atoms with Crippen LogP contribution in [0.25, 0.3) is 33.0 Å². The second-order valence-corrected chi connectivity index (χ2v) is 19.9. The van der Waals surface area contributed by atoms with Crippen molar-refractivity contribution in [3.05, 3.63) is 221 Å². The van der Waals surface area contributed by atoms with Gasteiger partial charge in [0.05, 0.1) is 16.8 Å². The molecular weight excluding hydrogens is 747 g/mol.